The highest BCUT2D eigenvalue weighted by Crippen LogP contribution is 2.38. The van der Waals surface area contributed by atoms with Crippen molar-refractivity contribution in [3.8, 4) is 16.8 Å². The highest BCUT2D eigenvalue weighted by molar-refractivity contribution is 6.33. The topological polar surface area (TPSA) is 54.3 Å². The van der Waals surface area contributed by atoms with Crippen LogP contribution in [0.15, 0.2) is 91.4 Å². The molecule has 0 unspecified atom stereocenters. The fraction of sp³-hybridized carbons (Fsp3) is 0.138. The van der Waals surface area contributed by atoms with Crippen LogP contribution in [0.2, 0.25) is 10.0 Å². The average molecular weight is 528 g/mol. The number of carbonyl (C=O) groups is 1. The number of nitrogens with zero attached hydrogens (tertiary/aromatic N) is 5. The van der Waals surface area contributed by atoms with E-state index >= 15 is 0 Å². The van der Waals surface area contributed by atoms with E-state index in [2.05, 4.69) is 28.2 Å². The van der Waals surface area contributed by atoms with E-state index in [1.54, 1.807) is 18.5 Å². The van der Waals surface area contributed by atoms with Gasteiger partial charge in [0, 0.05) is 37.9 Å². The van der Waals surface area contributed by atoms with Crippen LogP contribution < -0.4 is 4.90 Å². The molecule has 6 rings (SSSR count). The standard InChI is InChI=1S/C29H23Cl2N5O/c30-23-11-5-4-10-21(23)29(37)35-16-14-34(15-17-35)27-26-22(20-8-2-1-3-9-20)18-36(28(26)33-19-32-27)25-13-7-6-12-24(25)31/h1-13,18-19H,14-17H2. The summed E-state index contributed by atoms with van der Waals surface area (Å²) in [5.74, 6) is 0.799. The predicted octanol–water partition coefficient (Wildman–Crippen LogP) is 6.36. The summed E-state index contributed by atoms with van der Waals surface area (Å²) in [5, 5.41) is 2.08. The lowest BCUT2D eigenvalue weighted by Crippen LogP contribution is -2.49. The summed E-state index contributed by atoms with van der Waals surface area (Å²) < 4.78 is 2.03. The molecule has 0 aliphatic carbocycles. The molecule has 8 heteroatoms. The number of hydrogen-bond acceptors (Lipinski definition) is 4. The van der Waals surface area contributed by atoms with E-state index in [0.29, 0.717) is 41.8 Å². The molecule has 37 heavy (non-hydrogen) atoms. The van der Waals surface area contributed by atoms with Gasteiger partial charge in [-0.3, -0.25) is 9.36 Å². The Kier molecular flexibility index (Phi) is 6.28. The zero-order valence-corrected chi connectivity index (χ0v) is 21.4. The molecule has 0 radical (unpaired) electrons. The summed E-state index contributed by atoms with van der Waals surface area (Å²) in [5.41, 5.74) is 4.27. The second-order valence-corrected chi connectivity index (χ2v) is 9.70. The molecule has 0 bridgehead atoms. The molecule has 3 aromatic carbocycles. The molecule has 184 valence electrons. The molecule has 1 amide bonds. The van der Waals surface area contributed by atoms with Crippen LogP contribution in [0, 0.1) is 0 Å². The third-order valence-electron chi connectivity index (χ3n) is 6.73. The lowest BCUT2D eigenvalue weighted by molar-refractivity contribution is 0.0747. The molecular formula is C29H23Cl2N5O. The van der Waals surface area contributed by atoms with Crippen LogP contribution >= 0.6 is 23.2 Å². The SMILES string of the molecule is O=C(c1ccccc1Cl)N1CCN(c2ncnc3c2c(-c2ccccc2)cn3-c2ccccc2Cl)CC1. The van der Waals surface area contributed by atoms with Crippen molar-refractivity contribution in [3.63, 3.8) is 0 Å². The van der Waals surface area contributed by atoms with Gasteiger partial charge in [0.25, 0.3) is 5.91 Å². The van der Waals surface area contributed by atoms with Crippen molar-refractivity contribution in [1.29, 1.82) is 0 Å². The van der Waals surface area contributed by atoms with Crippen molar-refractivity contribution in [2.24, 2.45) is 0 Å². The highest BCUT2D eigenvalue weighted by atomic mass is 35.5. The smallest absolute Gasteiger partial charge is 0.255 e. The van der Waals surface area contributed by atoms with Crippen LogP contribution in [0.5, 0.6) is 0 Å². The van der Waals surface area contributed by atoms with Crippen LogP contribution in [0.1, 0.15) is 10.4 Å². The summed E-state index contributed by atoms with van der Waals surface area (Å²) >= 11 is 12.9. The third-order valence-corrected chi connectivity index (χ3v) is 7.38. The van der Waals surface area contributed by atoms with E-state index in [-0.39, 0.29) is 5.91 Å². The summed E-state index contributed by atoms with van der Waals surface area (Å²) in [6.45, 7) is 2.44. The number of carbonyl (C=O) groups excluding carboxylic acids is 1. The van der Waals surface area contributed by atoms with E-state index in [0.717, 1.165) is 33.7 Å². The van der Waals surface area contributed by atoms with Gasteiger partial charge in [-0.1, -0.05) is 77.8 Å². The fourth-order valence-electron chi connectivity index (χ4n) is 4.88. The van der Waals surface area contributed by atoms with Gasteiger partial charge in [0.15, 0.2) is 5.65 Å². The van der Waals surface area contributed by atoms with Gasteiger partial charge in [0.2, 0.25) is 0 Å². The molecule has 0 atom stereocenters. The Morgan fingerprint density at radius 1 is 0.757 bits per heavy atom. The van der Waals surface area contributed by atoms with E-state index in [9.17, 15) is 4.79 Å². The monoisotopic (exact) mass is 527 g/mol. The van der Waals surface area contributed by atoms with Gasteiger partial charge < -0.3 is 9.80 Å². The molecule has 1 saturated heterocycles. The minimum Gasteiger partial charge on any atom is -0.352 e. The number of aromatic nitrogens is 3. The first-order valence-corrected chi connectivity index (χ1v) is 12.8. The predicted molar refractivity (Wildman–Crippen MR) is 149 cm³/mol. The van der Waals surface area contributed by atoms with Crippen molar-refractivity contribution >= 4 is 46.0 Å². The molecule has 5 aromatic rings. The zero-order chi connectivity index (χ0) is 25.4. The van der Waals surface area contributed by atoms with Gasteiger partial charge >= 0.3 is 0 Å². The van der Waals surface area contributed by atoms with Crippen LogP contribution in [0.4, 0.5) is 5.82 Å². The summed E-state index contributed by atoms with van der Waals surface area (Å²) in [4.78, 5) is 26.6. The van der Waals surface area contributed by atoms with Crippen LogP contribution in [-0.2, 0) is 0 Å². The van der Waals surface area contributed by atoms with Crippen LogP contribution in [0.25, 0.3) is 27.8 Å². The second kappa shape index (κ2) is 9.88. The van der Waals surface area contributed by atoms with Crippen LogP contribution in [0.3, 0.4) is 0 Å². The Bertz CT molecular complexity index is 1590. The molecule has 1 fully saturated rings. The van der Waals surface area contributed by atoms with Gasteiger partial charge in [-0.2, -0.15) is 0 Å². The zero-order valence-electron chi connectivity index (χ0n) is 19.9. The number of benzene rings is 3. The molecule has 0 spiro atoms. The minimum atomic E-state index is -0.0482. The number of amides is 1. The highest BCUT2D eigenvalue weighted by Gasteiger charge is 2.27. The summed E-state index contributed by atoms with van der Waals surface area (Å²) in [6.07, 6.45) is 3.68. The van der Waals surface area contributed by atoms with Gasteiger partial charge in [-0.05, 0) is 29.8 Å². The van der Waals surface area contributed by atoms with Gasteiger partial charge in [0.1, 0.15) is 12.1 Å². The maximum atomic E-state index is 13.1. The first-order valence-electron chi connectivity index (χ1n) is 12.1. The maximum Gasteiger partial charge on any atom is 0.255 e. The number of hydrogen-bond donors (Lipinski definition) is 0. The number of rotatable bonds is 4. The van der Waals surface area contributed by atoms with E-state index < -0.39 is 0 Å². The van der Waals surface area contributed by atoms with Gasteiger partial charge in [-0.25, -0.2) is 9.97 Å². The Morgan fingerprint density at radius 3 is 2.16 bits per heavy atom. The van der Waals surface area contributed by atoms with Crippen LogP contribution in [-0.4, -0.2) is 51.5 Å². The van der Waals surface area contributed by atoms with E-state index in [4.69, 9.17) is 28.2 Å². The molecule has 0 N–H and O–H groups in total. The average Bonchev–Trinajstić information content (AvgIpc) is 3.34. The lowest BCUT2D eigenvalue weighted by Gasteiger charge is -2.35. The molecule has 1 aliphatic heterocycles. The van der Waals surface area contributed by atoms with Crippen molar-refractivity contribution in [3.05, 3.63) is 107 Å². The van der Waals surface area contributed by atoms with Crippen molar-refractivity contribution in [1.82, 2.24) is 19.4 Å². The number of fused-ring (bicyclic) bond motifs is 1. The van der Waals surface area contributed by atoms with Gasteiger partial charge in [-0.15, -0.1) is 0 Å². The molecule has 3 heterocycles. The summed E-state index contributed by atoms with van der Waals surface area (Å²) in [7, 11) is 0. The van der Waals surface area contributed by atoms with E-state index in [1.165, 1.54) is 0 Å². The number of anilines is 1. The van der Waals surface area contributed by atoms with Gasteiger partial charge in [0.05, 0.1) is 26.7 Å². The number of para-hydroxylation sites is 1. The number of piperazine rings is 1. The fourth-order valence-corrected chi connectivity index (χ4v) is 5.32. The second-order valence-electron chi connectivity index (χ2n) is 8.89. The van der Waals surface area contributed by atoms with Crippen molar-refractivity contribution in [2.45, 2.75) is 0 Å². The number of halogens is 2. The van der Waals surface area contributed by atoms with Crippen molar-refractivity contribution < 1.29 is 4.79 Å². The Balaban J connectivity index is 1.39. The Hall–Kier alpha value is -3.87. The Morgan fingerprint density at radius 2 is 1.43 bits per heavy atom. The molecule has 2 aromatic heterocycles. The molecule has 0 saturated carbocycles. The summed E-state index contributed by atoms with van der Waals surface area (Å²) in [6, 6.07) is 25.2. The van der Waals surface area contributed by atoms with Crippen molar-refractivity contribution in [2.75, 3.05) is 31.1 Å². The maximum absolute atomic E-state index is 13.1. The normalized spacial score (nSPS) is 13.8. The Labute approximate surface area is 224 Å². The largest absolute Gasteiger partial charge is 0.352 e. The minimum absolute atomic E-state index is 0.0482. The lowest BCUT2D eigenvalue weighted by atomic mass is 10.1. The molecule has 1 aliphatic rings. The first-order chi connectivity index (χ1) is 18.1. The quantitative estimate of drug-likeness (QED) is 0.273. The molecule has 6 nitrogen and oxygen atoms in total. The van der Waals surface area contributed by atoms with E-state index in [1.807, 2.05) is 64.1 Å². The third kappa shape index (κ3) is 4.32. The first kappa shape index (κ1) is 23.5. The molecular weight excluding hydrogens is 505 g/mol.